The zero-order valence-electron chi connectivity index (χ0n) is 16.0. The van der Waals surface area contributed by atoms with Crippen LogP contribution in [0, 0.1) is 6.92 Å². The van der Waals surface area contributed by atoms with Crippen LogP contribution in [0.5, 0.6) is 5.75 Å². The Labute approximate surface area is 163 Å². The molecule has 0 fully saturated rings. The molecule has 0 radical (unpaired) electrons. The summed E-state index contributed by atoms with van der Waals surface area (Å²) in [5, 5.41) is 7.65. The minimum Gasteiger partial charge on any atom is -0.494 e. The Morgan fingerprint density at radius 2 is 1.69 bits per heavy atom. The highest BCUT2D eigenvalue weighted by molar-refractivity contribution is 6.31. The summed E-state index contributed by atoms with van der Waals surface area (Å²) in [6.45, 7) is 6.71. The number of rotatable bonds is 12. The van der Waals surface area contributed by atoms with E-state index in [0.717, 1.165) is 53.8 Å². The van der Waals surface area contributed by atoms with Crippen LogP contribution < -0.4 is 15.4 Å². The molecule has 2 aromatic rings. The van der Waals surface area contributed by atoms with Crippen molar-refractivity contribution in [3.8, 4) is 5.75 Å². The number of halogens is 1. The van der Waals surface area contributed by atoms with Gasteiger partial charge in [-0.05, 0) is 43.2 Å². The van der Waals surface area contributed by atoms with Gasteiger partial charge >= 0.3 is 0 Å². The highest BCUT2D eigenvalue weighted by Gasteiger charge is 2.01. The van der Waals surface area contributed by atoms with Gasteiger partial charge in [0, 0.05) is 35.6 Å². The average Bonchev–Trinajstić information content (AvgIpc) is 2.65. The molecule has 0 heterocycles. The average molecular weight is 375 g/mol. The van der Waals surface area contributed by atoms with E-state index in [9.17, 15) is 0 Å². The lowest BCUT2D eigenvalue weighted by molar-refractivity contribution is 0.304. The van der Waals surface area contributed by atoms with E-state index in [2.05, 4.69) is 35.8 Å². The second kappa shape index (κ2) is 11.7. The maximum atomic E-state index is 6.15. The van der Waals surface area contributed by atoms with Crippen LogP contribution in [0.1, 0.15) is 44.6 Å². The zero-order valence-corrected chi connectivity index (χ0v) is 16.7. The summed E-state index contributed by atoms with van der Waals surface area (Å²) >= 11 is 6.15. The molecular weight excluding hydrogens is 344 g/mol. The van der Waals surface area contributed by atoms with Gasteiger partial charge in [-0.25, -0.2) is 0 Å². The van der Waals surface area contributed by atoms with E-state index in [0.29, 0.717) is 0 Å². The van der Waals surface area contributed by atoms with Gasteiger partial charge < -0.3 is 15.4 Å². The molecule has 0 aliphatic carbocycles. The Bertz CT molecular complexity index is 660. The van der Waals surface area contributed by atoms with Gasteiger partial charge in [0.05, 0.1) is 6.61 Å². The molecule has 2 rings (SSSR count). The lowest BCUT2D eigenvalue weighted by Crippen LogP contribution is -2.14. The van der Waals surface area contributed by atoms with Gasteiger partial charge in [0.2, 0.25) is 0 Å². The first kappa shape index (κ1) is 20.4. The van der Waals surface area contributed by atoms with Crippen molar-refractivity contribution in [2.75, 3.05) is 30.3 Å². The van der Waals surface area contributed by atoms with Crippen LogP contribution >= 0.6 is 11.6 Å². The lowest BCUT2D eigenvalue weighted by atomic mass is 10.2. The third-order valence-corrected chi connectivity index (χ3v) is 4.80. The smallest absolute Gasteiger partial charge is 0.121 e. The largest absolute Gasteiger partial charge is 0.494 e. The Morgan fingerprint density at radius 1 is 0.923 bits per heavy atom. The minimum absolute atomic E-state index is 0.794. The standard InChI is InChI=1S/C22H31ClN2O/c1-3-4-5-6-7-16-26-20-11-8-10-19(17-20)24-14-15-25-22-13-9-12-21(23)18(22)2/h8-13,17,24-25H,3-7,14-16H2,1-2H3. The first-order valence-corrected chi connectivity index (χ1v) is 10.0. The lowest BCUT2D eigenvalue weighted by Gasteiger charge is -2.13. The topological polar surface area (TPSA) is 33.3 Å². The summed E-state index contributed by atoms with van der Waals surface area (Å²) < 4.78 is 5.86. The second-order valence-corrected chi connectivity index (χ2v) is 6.96. The van der Waals surface area contributed by atoms with Crippen LogP contribution in [0.2, 0.25) is 5.02 Å². The van der Waals surface area contributed by atoms with Crippen molar-refractivity contribution < 1.29 is 4.74 Å². The van der Waals surface area contributed by atoms with Crippen LogP contribution in [-0.2, 0) is 0 Å². The number of nitrogens with one attached hydrogen (secondary N) is 2. The van der Waals surface area contributed by atoms with Crippen LogP contribution in [0.15, 0.2) is 42.5 Å². The predicted octanol–water partition coefficient (Wildman–Crippen LogP) is 6.52. The molecule has 3 nitrogen and oxygen atoms in total. The summed E-state index contributed by atoms with van der Waals surface area (Å²) in [6, 6.07) is 14.1. The van der Waals surface area contributed by atoms with E-state index >= 15 is 0 Å². The number of ether oxygens (including phenoxy) is 1. The first-order chi connectivity index (χ1) is 12.7. The van der Waals surface area contributed by atoms with Crippen LogP contribution in [0.25, 0.3) is 0 Å². The molecule has 0 aromatic heterocycles. The van der Waals surface area contributed by atoms with Gasteiger partial charge in [-0.2, -0.15) is 0 Å². The molecule has 0 saturated heterocycles. The Hall–Kier alpha value is -1.87. The monoisotopic (exact) mass is 374 g/mol. The minimum atomic E-state index is 0.794. The quantitative estimate of drug-likeness (QED) is 0.415. The number of anilines is 2. The molecule has 142 valence electrons. The fraction of sp³-hybridized carbons (Fsp3) is 0.455. The fourth-order valence-corrected chi connectivity index (χ4v) is 2.97. The van der Waals surface area contributed by atoms with E-state index in [1.165, 1.54) is 25.7 Å². The SMILES string of the molecule is CCCCCCCOc1cccc(NCCNc2cccc(Cl)c2C)c1. The maximum Gasteiger partial charge on any atom is 0.121 e. The molecule has 2 N–H and O–H groups in total. The Kier molecular flexibility index (Phi) is 9.19. The molecule has 2 aromatic carbocycles. The highest BCUT2D eigenvalue weighted by atomic mass is 35.5. The van der Waals surface area contributed by atoms with Crippen molar-refractivity contribution in [2.24, 2.45) is 0 Å². The molecule has 0 unspecified atom stereocenters. The Morgan fingerprint density at radius 3 is 2.54 bits per heavy atom. The van der Waals surface area contributed by atoms with Crippen molar-refractivity contribution in [3.63, 3.8) is 0 Å². The second-order valence-electron chi connectivity index (χ2n) is 6.56. The van der Waals surface area contributed by atoms with E-state index in [4.69, 9.17) is 16.3 Å². The van der Waals surface area contributed by atoms with Crippen molar-refractivity contribution in [3.05, 3.63) is 53.1 Å². The molecule has 0 saturated carbocycles. The van der Waals surface area contributed by atoms with Gasteiger partial charge in [0.25, 0.3) is 0 Å². The first-order valence-electron chi connectivity index (χ1n) is 9.66. The van der Waals surface area contributed by atoms with Crippen molar-refractivity contribution >= 4 is 23.0 Å². The third kappa shape index (κ3) is 7.17. The zero-order chi connectivity index (χ0) is 18.6. The number of unbranched alkanes of at least 4 members (excludes halogenated alkanes) is 4. The summed E-state index contributed by atoms with van der Waals surface area (Å²) in [6.07, 6.45) is 6.28. The van der Waals surface area contributed by atoms with Crippen LogP contribution in [0.3, 0.4) is 0 Å². The van der Waals surface area contributed by atoms with Crippen molar-refractivity contribution in [2.45, 2.75) is 46.0 Å². The van der Waals surface area contributed by atoms with Gasteiger partial charge in [-0.15, -0.1) is 0 Å². The normalized spacial score (nSPS) is 10.6. The predicted molar refractivity (Wildman–Crippen MR) is 114 cm³/mol. The fourth-order valence-electron chi connectivity index (χ4n) is 2.79. The summed E-state index contributed by atoms with van der Waals surface area (Å²) in [5.41, 5.74) is 3.25. The molecule has 0 bridgehead atoms. The molecule has 0 spiro atoms. The van der Waals surface area contributed by atoms with E-state index in [1.807, 2.05) is 31.2 Å². The van der Waals surface area contributed by atoms with E-state index in [-0.39, 0.29) is 0 Å². The van der Waals surface area contributed by atoms with E-state index < -0.39 is 0 Å². The molecule has 0 amide bonds. The highest BCUT2D eigenvalue weighted by Crippen LogP contribution is 2.22. The van der Waals surface area contributed by atoms with Crippen LogP contribution in [-0.4, -0.2) is 19.7 Å². The molecule has 0 atom stereocenters. The van der Waals surface area contributed by atoms with Gasteiger partial charge in [-0.3, -0.25) is 0 Å². The molecule has 26 heavy (non-hydrogen) atoms. The van der Waals surface area contributed by atoms with Gasteiger partial charge in [0.1, 0.15) is 5.75 Å². The molecule has 4 heteroatoms. The van der Waals surface area contributed by atoms with Crippen LogP contribution in [0.4, 0.5) is 11.4 Å². The summed E-state index contributed by atoms with van der Waals surface area (Å²) in [4.78, 5) is 0. The Balaban J connectivity index is 1.68. The molecular formula is C22H31ClN2O. The molecule has 0 aliphatic heterocycles. The van der Waals surface area contributed by atoms with Crippen molar-refractivity contribution in [1.29, 1.82) is 0 Å². The maximum absolute atomic E-state index is 6.15. The number of hydrogen-bond acceptors (Lipinski definition) is 3. The van der Waals surface area contributed by atoms with Crippen molar-refractivity contribution in [1.82, 2.24) is 0 Å². The van der Waals surface area contributed by atoms with E-state index in [1.54, 1.807) is 0 Å². The summed E-state index contributed by atoms with van der Waals surface area (Å²) in [7, 11) is 0. The number of benzene rings is 2. The number of hydrogen-bond donors (Lipinski definition) is 2. The van der Waals surface area contributed by atoms with Gasteiger partial charge in [-0.1, -0.05) is 56.3 Å². The molecule has 0 aliphatic rings. The van der Waals surface area contributed by atoms with Gasteiger partial charge in [0.15, 0.2) is 0 Å². The third-order valence-electron chi connectivity index (χ3n) is 4.39. The summed E-state index contributed by atoms with van der Waals surface area (Å²) in [5.74, 6) is 0.934.